The number of carbonyl (C=O) groups is 3. The minimum Gasteiger partial charge on any atom is -0.428 e. The van der Waals surface area contributed by atoms with E-state index in [1.54, 1.807) is 25.2 Å². The SMILES string of the molecule is C[C@@H](SC1COC(/C=C/C=C/c2ccc(C#N)cc2F)OC1)[C@@](Cn1cncn1)(OC(=O)OCOC(=O)CCC(=O)NCCOS(=O)(=O)O)c1ccc(F)cc1F. The van der Waals surface area contributed by atoms with Gasteiger partial charge in [0.25, 0.3) is 0 Å². The fourth-order valence-corrected chi connectivity index (χ4v) is 6.82. The Morgan fingerprint density at radius 1 is 1.12 bits per heavy atom. The standard InChI is InChI=1S/C35H36F3N5O12S2/c1-23(56-27-17-50-33(51-18-27)5-3-2-4-25-7-6-24(16-39)14-29(25)37)35(19-43-21-40-20-42-43,28-9-8-26(36)15-30(28)38)55-34(46)53-22-52-32(45)11-10-31(44)41-12-13-54-57(47,48)49/h2-9,14-15,20-21,23,27,33H,10-13,17-19,22H2,1H3,(H,41,44)(H,47,48,49)/b4-2+,5-3+/t23-,27?,33?,35-/m1/s1. The van der Waals surface area contributed by atoms with Gasteiger partial charge in [0.2, 0.25) is 12.7 Å². The Kier molecular flexibility index (Phi) is 16.6. The van der Waals surface area contributed by atoms with Crippen LogP contribution in [0.15, 0.2) is 67.3 Å². The van der Waals surface area contributed by atoms with E-state index in [0.29, 0.717) is 6.07 Å². The number of amides is 1. The van der Waals surface area contributed by atoms with Crippen molar-refractivity contribution in [1.29, 1.82) is 5.26 Å². The zero-order chi connectivity index (χ0) is 41.4. The van der Waals surface area contributed by atoms with Crippen molar-refractivity contribution in [1.82, 2.24) is 20.1 Å². The summed E-state index contributed by atoms with van der Waals surface area (Å²) in [5.41, 5.74) is -1.73. The molecule has 17 nitrogen and oxygen atoms in total. The Morgan fingerprint density at radius 2 is 1.89 bits per heavy atom. The summed E-state index contributed by atoms with van der Waals surface area (Å²) < 4.78 is 106. The van der Waals surface area contributed by atoms with E-state index in [4.69, 9.17) is 33.5 Å². The molecule has 0 spiro atoms. The zero-order valence-electron chi connectivity index (χ0n) is 30.0. The first-order chi connectivity index (χ1) is 27.2. The molecule has 1 aliphatic rings. The summed E-state index contributed by atoms with van der Waals surface area (Å²) in [5.74, 6) is -4.15. The molecule has 1 aromatic heterocycles. The van der Waals surface area contributed by atoms with Crippen LogP contribution in [0.3, 0.4) is 0 Å². The number of benzene rings is 2. The number of carbonyl (C=O) groups excluding carboxylic acids is 3. The number of esters is 1. The second-order valence-corrected chi connectivity index (χ2v) is 14.6. The lowest BCUT2D eigenvalue weighted by Gasteiger charge is -2.40. The first-order valence-corrected chi connectivity index (χ1v) is 19.1. The molecule has 0 unspecified atom stereocenters. The van der Waals surface area contributed by atoms with Crippen LogP contribution in [0, 0.1) is 28.8 Å². The number of nitriles is 1. The van der Waals surface area contributed by atoms with Crippen molar-refractivity contribution < 1.29 is 68.4 Å². The monoisotopic (exact) mass is 839 g/mol. The molecule has 0 radical (unpaired) electrons. The van der Waals surface area contributed by atoms with Crippen molar-refractivity contribution in [3.8, 4) is 6.07 Å². The summed E-state index contributed by atoms with van der Waals surface area (Å²) >= 11 is 1.20. The number of hydrogen-bond acceptors (Lipinski definition) is 15. The fourth-order valence-electron chi connectivity index (χ4n) is 5.16. The average molecular weight is 840 g/mol. The highest BCUT2D eigenvalue weighted by Crippen LogP contribution is 2.42. The number of thioether (sulfide) groups is 1. The number of rotatable bonds is 19. The second kappa shape index (κ2) is 21.3. The van der Waals surface area contributed by atoms with Gasteiger partial charge < -0.3 is 29.0 Å². The Balaban J connectivity index is 1.39. The Hall–Kier alpha value is -5.31. The van der Waals surface area contributed by atoms with E-state index in [9.17, 15) is 31.6 Å². The minimum absolute atomic E-state index is 0.125. The third kappa shape index (κ3) is 14.3. The van der Waals surface area contributed by atoms with Gasteiger partial charge in [-0.1, -0.05) is 24.3 Å². The van der Waals surface area contributed by atoms with Gasteiger partial charge in [-0.05, 0) is 37.3 Å². The molecule has 0 bridgehead atoms. The molecule has 4 rings (SSSR count). The molecule has 22 heteroatoms. The smallest absolute Gasteiger partial charge is 0.428 e. The summed E-state index contributed by atoms with van der Waals surface area (Å²) in [6.07, 6.45) is 5.73. The van der Waals surface area contributed by atoms with Gasteiger partial charge in [0.1, 0.15) is 30.1 Å². The molecule has 0 saturated carbocycles. The topological polar surface area (TPSA) is 227 Å². The van der Waals surface area contributed by atoms with Crippen molar-refractivity contribution in [3.05, 3.63) is 101 Å². The predicted octanol–water partition coefficient (Wildman–Crippen LogP) is 3.97. The molecule has 2 aromatic carbocycles. The molecule has 306 valence electrons. The molecule has 1 saturated heterocycles. The summed E-state index contributed by atoms with van der Waals surface area (Å²) in [5, 5.41) is 14.0. The zero-order valence-corrected chi connectivity index (χ0v) is 31.6. The van der Waals surface area contributed by atoms with E-state index >= 15 is 4.39 Å². The maximum absolute atomic E-state index is 15.6. The normalized spacial score (nSPS) is 17.4. The van der Waals surface area contributed by atoms with Gasteiger partial charge in [0.15, 0.2) is 11.9 Å². The van der Waals surface area contributed by atoms with Crippen LogP contribution < -0.4 is 5.32 Å². The molecule has 1 fully saturated rings. The molecule has 1 amide bonds. The predicted molar refractivity (Wildman–Crippen MR) is 192 cm³/mol. The van der Waals surface area contributed by atoms with Crippen molar-refractivity contribution in [2.45, 2.75) is 48.7 Å². The number of ether oxygens (including phenoxy) is 5. The van der Waals surface area contributed by atoms with Crippen molar-refractivity contribution >= 4 is 46.3 Å². The molecule has 0 aliphatic carbocycles. The van der Waals surface area contributed by atoms with Crippen molar-refractivity contribution in [2.75, 3.05) is 33.2 Å². The van der Waals surface area contributed by atoms with E-state index in [1.165, 1.54) is 47.3 Å². The lowest BCUT2D eigenvalue weighted by molar-refractivity contribution is -0.156. The van der Waals surface area contributed by atoms with Gasteiger partial charge in [-0.15, -0.1) is 11.8 Å². The Bertz CT molecular complexity index is 2060. The van der Waals surface area contributed by atoms with Crippen LogP contribution in [0.25, 0.3) is 6.08 Å². The van der Waals surface area contributed by atoms with Crippen LogP contribution in [0.1, 0.15) is 36.5 Å². The number of halogens is 3. The Morgan fingerprint density at radius 3 is 2.56 bits per heavy atom. The second-order valence-electron chi connectivity index (χ2n) is 11.9. The maximum Gasteiger partial charge on any atom is 0.512 e. The molecule has 2 heterocycles. The van der Waals surface area contributed by atoms with E-state index in [2.05, 4.69) is 19.6 Å². The molecule has 2 N–H and O–H groups in total. The van der Waals surface area contributed by atoms with Gasteiger partial charge in [-0.3, -0.25) is 14.1 Å². The first kappa shape index (κ1) is 44.4. The first-order valence-electron chi connectivity index (χ1n) is 16.8. The number of nitrogens with one attached hydrogen (secondary N) is 1. The summed E-state index contributed by atoms with van der Waals surface area (Å²) in [6, 6.07) is 8.67. The number of allylic oxidation sites excluding steroid dienone is 2. The molecule has 2 atom stereocenters. The molecular formula is C35H36F3N5O12S2. The lowest BCUT2D eigenvalue weighted by atomic mass is 9.89. The van der Waals surface area contributed by atoms with Crippen LogP contribution >= 0.6 is 11.8 Å². The van der Waals surface area contributed by atoms with E-state index < -0.39 is 94.5 Å². The Labute approximate surface area is 328 Å². The third-order valence-corrected chi connectivity index (χ3v) is 9.77. The van der Waals surface area contributed by atoms with Gasteiger partial charge in [-0.2, -0.15) is 18.8 Å². The number of hydrogen-bond donors (Lipinski definition) is 2. The number of aromatic nitrogens is 3. The van der Waals surface area contributed by atoms with Crippen molar-refractivity contribution in [2.24, 2.45) is 0 Å². The summed E-state index contributed by atoms with van der Waals surface area (Å²) in [7, 11) is -4.68. The average Bonchev–Trinajstić information content (AvgIpc) is 3.67. The van der Waals surface area contributed by atoms with E-state index in [1.807, 2.05) is 6.07 Å². The van der Waals surface area contributed by atoms with E-state index in [-0.39, 0.29) is 43.0 Å². The summed E-state index contributed by atoms with van der Waals surface area (Å²) in [6.45, 7) is -0.264. The lowest BCUT2D eigenvalue weighted by Crippen LogP contribution is -2.47. The van der Waals surface area contributed by atoms with Gasteiger partial charge in [0.05, 0.1) is 49.7 Å². The van der Waals surface area contributed by atoms with Crippen LogP contribution in [0.5, 0.6) is 0 Å². The molecular weight excluding hydrogens is 804 g/mol. The highest BCUT2D eigenvalue weighted by Gasteiger charge is 2.47. The van der Waals surface area contributed by atoms with Crippen LogP contribution in [0.2, 0.25) is 0 Å². The van der Waals surface area contributed by atoms with E-state index in [0.717, 1.165) is 18.2 Å². The molecule has 1 aliphatic heterocycles. The van der Waals surface area contributed by atoms with Crippen LogP contribution in [-0.4, -0.2) is 95.7 Å². The van der Waals surface area contributed by atoms with Crippen LogP contribution in [0.4, 0.5) is 18.0 Å². The minimum atomic E-state index is -4.68. The van der Waals surface area contributed by atoms with Gasteiger partial charge in [-0.25, -0.2) is 31.8 Å². The third-order valence-electron chi connectivity index (χ3n) is 7.86. The maximum atomic E-state index is 15.6. The fraction of sp³-hybridized carbons (Fsp3) is 0.371. The van der Waals surface area contributed by atoms with Crippen molar-refractivity contribution in [3.63, 3.8) is 0 Å². The van der Waals surface area contributed by atoms with Gasteiger partial charge >= 0.3 is 22.5 Å². The highest BCUT2D eigenvalue weighted by molar-refractivity contribution is 8.00. The quantitative estimate of drug-likeness (QED) is 0.0572. The van der Waals surface area contributed by atoms with Gasteiger partial charge in [0, 0.05) is 35.4 Å². The largest absolute Gasteiger partial charge is 0.512 e. The summed E-state index contributed by atoms with van der Waals surface area (Å²) in [4.78, 5) is 41.1. The molecule has 57 heavy (non-hydrogen) atoms. The highest BCUT2D eigenvalue weighted by atomic mass is 32.3. The molecule has 3 aromatic rings. The van der Waals surface area contributed by atoms with Crippen LogP contribution in [-0.2, 0) is 60.0 Å². The number of nitrogens with zero attached hydrogens (tertiary/aromatic N) is 4.